The number of anilines is 1. The van der Waals surface area contributed by atoms with E-state index in [1.807, 2.05) is 26.8 Å². The number of nitrogens with one attached hydrogen (secondary N) is 1. The van der Waals surface area contributed by atoms with Gasteiger partial charge in [0.15, 0.2) is 0 Å². The van der Waals surface area contributed by atoms with Gasteiger partial charge in [0.2, 0.25) is 5.91 Å². The van der Waals surface area contributed by atoms with Crippen LogP contribution in [0.2, 0.25) is 10.0 Å². The molecule has 0 heterocycles. The van der Waals surface area contributed by atoms with Gasteiger partial charge in [0.25, 0.3) is 10.0 Å². The summed E-state index contributed by atoms with van der Waals surface area (Å²) in [6.45, 7) is 5.43. The summed E-state index contributed by atoms with van der Waals surface area (Å²) in [5.41, 5.74) is 3.86. The van der Waals surface area contributed by atoms with Crippen LogP contribution >= 0.6 is 23.2 Å². The van der Waals surface area contributed by atoms with E-state index in [2.05, 4.69) is 5.32 Å². The summed E-state index contributed by atoms with van der Waals surface area (Å²) in [4.78, 5) is 12.9. The Morgan fingerprint density at radius 2 is 1.50 bits per heavy atom. The lowest BCUT2D eigenvalue weighted by Crippen LogP contribution is -2.40. The second-order valence-corrected chi connectivity index (χ2v) is 10.4. The number of nitrogens with zero attached hydrogens (tertiary/aromatic N) is 1. The van der Waals surface area contributed by atoms with Crippen molar-refractivity contribution in [3.05, 3.63) is 93.0 Å². The molecule has 0 unspecified atom stereocenters. The van der Waals surface area contributed by atoms with Gasteiger partial charge in [-0.05, 0) is 73.9 Å². The van der Waals surface area contributed by atoms with Crippen LogP contribution in [0.25, 0.3) is 0 Å². The molecule has 3 aromatic rings. The highest BCUT2D eigenvalue weighted by Crippen LogP contribution is 2.26. The molecule has 0 atom stereocenters. The fraction of sp³-hybridized carbons (Fsp3) is 0.208. The maximum atomic E-state index is 13.5. The summed E-state index contributed by atoms with van der Waals surface area (Å²) in [6, 6.07) is 17.0. The standard InChI is InChI=1S/C24H24Cl2N2O3S/c1-16-4-8-22(9-5-16)32(30,31)28(21-11-17(2)10-18(3)12-21)15-24(29)27-14-19-6-7-20(25)13-23(19)26/h4-13H,14-15H2,1-3H3,(H,27,29). The van der Waals surface area contributed by atoms with E-state index in [9.17, 15) is 13.2 Å². The number of rotatable bonds is 7. The second kappa shape index (κ2) is 9.94. The molecular weight excluding hydrogens is 467 g/mol. The molecule has 8 heteroatoms. The lowest BCUT2D eigenvalue weighted by Gasteiger charge is -2.25. The van der Waals surface area contributed by atoms with Gasteiger partial charge < -0.3 is 5.32 Å². The van der Waals surface area contributed by atoms with Crippen molar-refractivity contribution in [2.75, 3.05) is 10.8 Å². The van der Waals surface area contributed by atoms with Crippen LogP contribution in [-0.2, 0) is 21.4 Å². The van der Waals surface area contributed by atoms with Crippen LogP contribution in [-0.4, -0.2) is 20.9 Å². The summed E-state index contributed by atoms with van der Waals surface area (Å²) in [5.74, 6) is -0.453. The topological polar surface area (TPSA) is 66.5 Å². The molecule has 0 bridgehead atoms. The van der Waals surface area contributed by atoms with Crippen LogP contribution in [0.1, 0.15) is 22.3 Å². The molecule has 5 nitrogen and oxygen atoms in total. The first-order valence-corrected chi connectivity index (χ1v) is 12.1. The summed E-state index contributed by atoms with van der Waals surface area (Å²) in [7, 11) is -3.97. The van der Waals surface area contributed by atoms with E-state index >= 15 is 0 Å². The third-order valence-electron chi connectivity index (χ3n) is 4.88. The molecule has 168 valence electrons. The number of benzene rings is 3. The van der Waals surface area contributed by atoms with Gasteiger partial charge in [-0.2, -0.15) is 0 Å². The molecule has 0 aliphatic carbocycles. The van der Waals surface area contributed by atoms with Gasteiger partial charge >= 0.3 is 0 Å². The Hall–Kier alpha value is -2.54. The molecule has 3 rings (SSSR count). The second-order valence-electron chi connectivity index (χ2n) is 7.68. The van der Waals surface area contributed by atoms with Gasteiger partial charge in [0, 0.05) is 16.6 Å². The van der Waals surface area contributed by atoms with Crippen LogP contribution < -0.4 is 9.62 Å². The first kappa shape index (κ1) is 24.1. The third kappa shape index (κ3) is 5.82. The molecule has 0 saturated carbocycles. The summed E-state index contributed by atoms with van der Waals surface area (Å²) < 4.78 is 28.1. The van der Waals surface area contributed by atoms with E-state index in [1.54, 1.807) is 54.6 Å². The van der Waals surface area contributed by atoms with Gasteiger partial charge in [-0.3, -0.25) is 9.10 Å². The smallest absolute Gasteiger partial charge is 0.264 e. The predicted octanol–water partition coefficient (Wildman–Crippen LogP) is 5.43. The Morgan fingerprint density at radius 1 is 0.875 bits per heavy atom. The highest BCUT2D eigenvalue weighted by molar-refractivity contribution is 7.92. The molecule has 0 spiro atoms. The maximum Gasteiger partial charge on any atom is 0.264 e. The van der Waals surface area contributed by atoms with Crippen LogP contribution in [0.3, 0.4) is 0 Å². The molecule has 3 aromatic carbocycles. The van der Waals surface area contributed by atoms with Crippen LogP contribution in [0.15, 0.2) is 65.6 Å². The minimum Gasteiger partial charge on any atom is -0.350 e. The van der Waals surface area contributed by atoms with Gasteiger partial charge in [-0.25, -0.2) is 8.42 Å². The number of hydrogen-bond donors (Lipinski definition) is 1. The van der Waals surface area contributed by atoms with Crippen molar-refractivity contribution in [1.82, 2.24) is 5.32 Å². The zero-order chi connectivity index (χ0) is 23.5. The van der Waals surface area contributed by atoms with Crippen molar-refractivity contribution >= 4 is 44.8 Å². The van der Waals surface area contributed by atoms with E-state index in [0.29, 0.717) is 21.3 Å². The van der Waals surface area contributed by atoms with Crippen LogP contribution in [0, 0.1) is 20.8 Å². The zero-order valence-corrected chi connectivity index (χ0v) is 20.4. The molecule has 0 radical (unpaired) electrons. The molecule has 0 aliphatic rings. The normalized spacial score (nSPS) is 11.3. The third-order valence-corrected chi connectivity index (χ3v) is 7.26. The monoisotopic (exact) mass is 490 g/mol. The Labute approximate surface area is 199 Å². The Kier molecular flexibility index (Phi) is 7.49. The Morgan fingerprint density at radius 3 is 2.09 bits per heavy atom. The van der Waals surface area contributed by atoms with Crippen molar-refractivity contribution < 1.29 is 13.2 Å². The average Bonchev–Trinajstić information content (AvgIpc) is 2.71. The highest BCUT2D eigenvalue weighted by atomic mass is 35.5. The molecule has 0 aliphatic heterocycles. The molecule has 32 heavy (non-hydrogen) atoms. The van der Waals surface area contributed by atoms with Crippen molar-refractivity contribution in [3.63, 3.8) is 0 Å². The van der Waals surface area contributed by atoms with E-state index in [-0.39, 0.29) is 18.0 Å². The van der Waals surface area contributed by atoms with E-state index in [4.69, 9.17) is 23.2 Å². The Bertz CT molecular complexity index is 1220. The molecule has 0 saturated heterocycles. The lowest BCUT2D eigenvalue weighted by atomic mass is 10.1. The molecule has 0 fully saturated rings. The van der Waals surface area contributed by atoms with Gasteiger partial charge in [0.1, 0.15) is 6.54 Å². The van der Waals surface area contributed by atoms with Gasteiger partial charge in [-0.1, -0.05) is 53.0 Å². The fourth-order valence-corrected chi connectivity index (χ4v) is 5.17. The van der Waals surface area contributed by atoms with Crippen molar-refractivity contribution in [3.8, 4) is 0 Å². The summed E-state index contributed by atoms with van der Waals surface area (Å²) in [6.07, 6.45) is 0. The number of carbonyl (C=O) groups is 1. The van der Waals surface area contributed by atoms with Crippen molar-refractivity contribution in [2.24, 2.45) is 0 Å². The van der Waals surface area contributed by atoms with E-state index < -0.39 is 15.9 Å². The maximum absolute atomic E-state index is 13.5. The minimum absolute atomic E-state index is 0.121. The first-order chi connectivity index (χ1) is 15.1. The number of hydrogen-bond acceptors (Lipinski definition) is 3. The molecule has 0 aromatic heterocycles. The number of carbonyl (C=O) groups excluding carboxylic acids is 1. The first-order valence-electron chi connectivity index (χ1n) is 9.94. The van der Waals surface area contributed by atoms with Crippen molar-refractivity contribution in [1.29, 1.82) is 0 Å². The fourth-order valence-electron chi connectivity index (χ4n) is 3.29. The number of halogens is 2. The van der Waals surface area contributed by atoms with Gasteiger partial charge in [0.05, 0.1) is 10.6 Å². The highest BCUT2D eigenvalue weighted by Gasteiger charge is 2.27. The van der Waals surface area contributed by atoms with Gasteiger partial charge in [-0.15, -0.1) is 0 Å². The number of aryl methyl sites for hydroxylation is 3. The van der Waals surface area contributed by atoms with Crippen molar-refractivity contribution in [2.45, 2.75) is 32.2 Å². The van der Waals surface area contributed by atoms with Crippen LogP contribution in [0.4, 0.5) is 5.69 Å². The Balaban J connectivity index is 1.90. The summed E-state index contributed by atoms with van der Waals surface area (Å²) in [5, 5.41) is 3.67. The molecule has 1 N–H and O–H groups in total. The van der Waals surface area contributed by atoms with E-state index in [1.165, 1.54) is 0 Å². The largest absolute Gasteiger partial charge is 0.350 e. The average molecular weight is 491 g/mol. The number of sulfonamides is 1. The van der Waals surface area contributed by atoms with E-state index in [0.717, 1.165) is 21.0 Å². The lowest BCUT2D eigenvalue weighted by molar-refractivity contribution is -0.119. The predicted molar refractivity (Wildman–Crippen MR) is 130 cm³/mol. The zero-order valence-electron chi connectivity index (χ0n) is 18.0. The summed E-state index contributed by atoms with van der Waals surface area (Å²) >= 11 is 12.1. The van der Waals surface area contributed by atoms with Crippen LogP contribution in [0.5, 0.6) is 0 Å². The molecule has 1 amide bonds. The number of amides is 1. The minimum atomic E-state index is -3.97. The quantitative estimate of drug-likeness (QED) is 0.479. The molecular formula is C24H24Cl2N2O3S. The SMILES string of the molecule is Cc1ccc(S(=O)(=O)N(CC(=O)NCc2ccc(Cl)cc2Cl)c2cc(C)cc(C)c2)cc1.